The van der Waals surface area contributed by atoms with Gasteiger partial charge in [-0.1, -0.05) is 11.6 Å². The van der Waals surface area contributed by atoms with E-state index in [0.29, 0.717) is 17.5 Å². The van der Waals surface area contributed by atoms with Crippen LogP contribution in [0.4, 0.5) is 5.95 Å². The second-order valence-electron chi connectivity index (χ2n) is 4.04. The summed E-state index contributed by atoms with van der Waals surface area (Å²) in [5.41, 5.74) is 7.36. The van der Waals surface area contributed by atoms with Crippen molar-refractivity contribution in [2.24, 2.45) is 0 Å². The first-order valence-corrected chi connectivity index (χ1v) is 6.13. The number of likely N-dealkylation sites (N-methyl/N-ethyl adjacent to an activating group) is 1. The fourth-order valence-electron chi connectivity index (χ4n) is 1.93. The van der Waals surface area contributed by atoms with E-state index in [1.54, 1.807) is 29.7 Å². The number of benzene rings is 1. The lowest BCUT2D eigenvalue weighted by atomic mass is 10.2. The summed E-state index contributed by atoms with van der Waals surface area (Å²) in [5.74, 6) is 0.217. The van der Waals surface area contributed by atoms with Gasteiger partial charge in [0.1, 0.15) is 6.04 Å². The number of nitrogens with zero attached hydrogens (tertiary/aromatic N) is 2. The van der Waals surface area contributed by atoms with Crippen LogP contribution < -0.4 is 11.1 Å². The second kappa shape index (κ2) is 4.86. The SMILES string of the molecule is CCNC(=O)C(C)n1c(N)nc2ccc(Cl)cc21. The van der Waals surface area contributed by atoms with E-state index in [-0.39, 0.29) is 5.91 Å². The Balaban J connectivity index is 2.52. The number of nitrogens with one attached hydrogen (secondary N) is 1. The minimum atomic E-state index is -0.423. The zero-order chi connectivity index (χ0) is 13.3. The Labute approximate surface area is 110 Å². The van der Waals surface area contributed by atoms with Gasteiger partial charge in [0.2, 0.25) is 11.9 Å². The molecule has 1 aromatic carbocycles. The highest BCUT2D eigenvalue weighted by molar-refractivity contribution is 6.31. The quantitative estimate of drug-likeness (QED) is 0.892. The largest absolute Gasteiger partial charge is 0.369 e. The van der Waals surface area contributed by atoms with Gasteiger partial charge < -0.3 is 11.1 Å². The normalized spacial score (nSPS) is 12.6. The van der Waals surface area contributed by atoms with Crippen molar-refractivity contribution in [3.8, 4) is 0 Å². The molecule has 1 heterocycles. The Morgan fingerprint density at radius 3 is 3.00 bits per heavy atom. The summed E-state index contributed by atoms with van der Waals surface area (Å²) in [6.07, 6.45) is 0. The fraction of sp³-hybridized carbons (Fsp3) is 0.333. The number of nitrogen functional groups attached to an aromatic ring is 1. The van der Waals surface area contributed by atoms with Gasteiger partial charge in [-0.15, -0.1) is 0 Å². The maximum Gasteiger partial charge on any atom is 0.242 e. The van der Waals surface area contributed by atoms with Gasteiger partial charge in [0.15, 0.2) is 0 Å². The minimum Gasteiger partial charge on any atom is -0.369 e. The number of carbonyl (C=O) groups excluding carboxylic acids is 1. The molecule has 1 amide bonds. The number of carbonyl (C=O) groups is 1. The van der Waals surface area contributed by atoms with E-state index in [0.717, 1.165) is 11.0 Å². The number of nitrogens with two attached hydrogens (primary N) is 1. The molecule has 0 aliphatic rings. The van der Waals surface area contributed by atoms with Crippen molar-refractivity contribution in [1.82, 2.24) is 14.9 Å². The number of anilines is 1. The number of hydrogen-bond donors (Lipinski definition) is 2. The van der Waals surface area contributed by atoms with Crippen molar-refractivity contribution >= 4 is 34.5 Å². The van der Waals surface area contributed by atoms with Gasteiger partial charge in [-0.2, -0.15) is 0 Å². The third-order valence-corrected chi connectivity index (χ3v) is 3.03. The van der Waals surface area contributed by atoms with Crippen LogP contribution >= 0.6 is 11.6 Å². The zero-order valence-electron chi connectivity index (χ0n) is 10.3. The van der Waals surface area contributed by atoms with Crippen molar-refractivity contribution in [1.29, 1.82) is 0 Å². The van der Waals surface area contributed by atoms with Gasteiger partial charge in [0.25, 0.3) is 0 Å². The second-order valence-corrected chi connectivity index (χ2v) is 4.48. The molecule has 1 unspecified atom stereocenters. The third kappa shape index (κ3) is 2.13. The van der Waals surface area contributed by atoms with Gasteiger partial charge in [-0.05, 0) is 32.0 Å². The molecule has 1 aromatic heterocycles. The molecule has 0 radical (unpaired) electrons. The Morgan fingerprint density at radius 1 is 1.61 bits per heavy atom. The molecule has 0 saturated heterocycles. The van der Waals surface area contributed by atoms with Crippen molar-refractivity contribution < 1.29 is 4.79 Å². The minimum absolute atomic E-state index is 0.0940. The van der Waals surface area contributed by atoms with E-state index in [4.69, 9.17) is 17.3 Å². The van der Waals surface area contributed by atoms with Gasteiger partial charge in [0, 0.05) is 11.6 Å². The highest BCUT2D eigenvalue weighted by Crippen LogP contribution is 2.25. The Bertz CT molecular complexity index is 593. The van der Waals surface area contributed by atoms with Crippen LogP contribution in [0.3, 0.4) is 0 Å². The molecule has 0 bridgehead atoms. The Hall–Kier alpha value is -1.75. The van der Waals surface area contributed by atoms with Crippen LogP contribution in [0.5, 0.6) is 0 Å². The molecule has 0 aliphatic heterocycles. The number of imidazole rings is 1. The van der Waals surface area contributed by atoms with Crippen LogP contribution in [0.1, 0.15) is 19.9 Å². The summed E-state index contributed by atoms with van der Waals surface area (Å²) in [4.78, 5) is 16.1. The van der Waals surface area contributed by atoms with E-state index in [1.165, 1.54) is 0 Å². The summed E-state index contributed by atoms with van der Waals surface area (Å²) < 4.78 is 1.69. The van der Waals surface area contributed by atoms with Crippen LogP contribution in [0.2, 0.25) is 5.02 Å². The van der Waals surface area contributed by atoms with Gasteiger partial charge in [-0.25, -0.2) is 4.98 Å². The number of rotatable bonds is 3. The molecular weight excluding hydrogens is 252 g/mol. The molecule has 5 nitrogen and oxygen atoms in total. The Kier molecular flexibility index (Phi) is 3.43. The standard InChI is InChI=1S/C12H15ClN4O/c1-3-15-11(18)7(2)17-10-6-8(13)4-5-9(10)16-12(17)14/h4-7H,3H2,1-2H3,(H2,14,16)(H,15,18). The molecule has 0 fully saturated rings. The number of halogens is 1. The monoisotopic (exact) mass is 266 g/mol. The molecule has 2 rings (SSSR count). The smallest absolute Gasteiger partial charge is 0.242 e. The number of amides is 1. The van der Waals surface area contributed by atoms with Gasteiger partial charge in [0.05, 0.1) is 11.0 Å². The lowest BCUT2D eigenvalue weighted by molar-refractivity contribution is -0.123. The van der Waals surface area contributed by atoms with Gasteiger partial charge in [-0.3, -0.25) is 9.36 Å². The van der Waals surface area contributed by atoms with E-state index >= 15 is 0 Å². The summed E-state index contributed by atoms with van der Waals surface area (Å²) in [5, 5.41) is 3.35. The Morgan fingerprint density at radius 2 is 2.33 bits per heavy atom. The number of hydrogen-bond acceptors (Lipinski definition) is 3. The first kappa shape index (κ1) is 12.7. The molecule has 1 atom stereocenters. The van der Waals surface area contributed by atoms with E-state index in [2.05, 4.69) is 10.3 Å². The summed E-state index contributed by atoms with van der Waals surface area (Å²) >= 11 is 5.96. The van der Waals surface area contributed by atoms with Crippen molar-refractivity contribution in [2.45, 2.75) is 19.9 Å². The highest BCUT2D eigenvalue weighted by atomic mass is 35.5. The van der Waals surface area contributed by atoms with Crippen LogP contribution in [0, 0.1) is 0 Å². The summed E-state index contributed by atoms with van der Waals surface area (Å²) in [6, 6.07) is 4.87. The molecule has 18 heavy (non-hydrogen) atoms. The van der Waals surface area contributed by atoms with Crippen LogP contribution in [0.25, 0.3) is 11.0 Å². The zero-order valence-corrected chi connectivity index (χ0v) is 11.0. The predicted octanol–water partition coefficient (Wildman–Crippen LogP) is 1.97. The number of aromatic nitrogens is 2. The summed E-state index contributed by atoms with van der Waals surface area (Å²) in [7, 11) is 0. The number of fused-ring (bicyclic) bond motifs is 1. The maximum atomic E-state index is 11.9. The van der Waals surface area contributed by atoms with Crippen molar-refractivity contribution in [3.63, 3.8) is 0 Å². The molecule has 3 N–H and O–H groups in total. The molecule has 6 heteroatoms. The van der Waals surface area contributed by atoms with Gasteiger partial charge >= 0.3 is 0 Å². The lowest BCUT2D eigenvalue weighted by Crippen LogP contribution is -2.31. The van der Waals surface area contributed by atoms with Crippen molar-refractivity contribution in [3.05, 3.63) is 23.2 Å². The topological polar surface area (TPSA) is 72.9 Å². The maximum absolute atomic E-state index is 11.9. The predicted molar refractivity (Wildman–Crippen MR) is 72.6 cm³/mol. The molecule has 96 valence electrons. The molecule has 0 saturated carbocycles. The average molecular weight is 267 g/mol. The average Bonchev–Trinajstić information content (AvgIpc) is 2.64. The first-order valence-electron chi connectivity index (χ1n) is 5.75. The van der Waals surface area contributed by atoms with E-state index < -0.39 is 6.04 Å². The first-order chi connectivity index (χ1) is 8.54. The lowest BCUT2D eigenvalue weighted by Gasteiger charge is -2.15. The molecule has 2 aromatic rings. The van der Waals surface area contributed by atoms with E-state index in [1.807, 2.05) is 6.92 Å². The third-order valence-electron chi connectivity index (χ3n) is 2.80. The molecule has 0 spiro atoms. The van der Waals surface area contributed by atoms with Crippen molar-refractivity contribution in [2.75, 3.05) is 12.3 Å². The fourth-order valence-corrected chi connectivity index (χ4v) is 2.10. The van der Waals surface area contributed by atoms with E-state index in [9.17, 15) is 4.79 Å². The highest BCUT2D eigenvalue weighted by Gasteiger charge is 2.19. The van der Waals surface area contributed by atoms with Crippen LogP contribution in [-0.4, -0.2) is 22.0 Å². The molecular formula is C12H15ClN4O. The summed E-state index contributed by atoms with van der Waals surface area (Å²) in [6.45, 7) is 4.23. The van der Waals surface area contributed by atoms with Crippen LogP contribution in [0.15, 0.2) is 18.2 Å². The molecule has 0 aliphatic carbocycles. The van der Waals surface area contributed by atoms with Crippen LogP contribution in [-0.2, 0) is 4.79 Å².